The van der Waals surface area contributed by atoms with E-state index in [2.05, 4.69) is 10.3 Å². The van der Waals surface area contributed by atoms with Crippen molar-refractivity contribution in [3.8, 4) is 0 Å². The molecule has 2 N–H and O–H groups in total. The van der Waals surface area contributed by atoms with Crippen molar-refractivity contribution in [1.29, 1.82) is 0 Å². The maximum absolute atomic E-state index is 12.9. The maximum Gasteiger partial charge on any atom is 0.418 e. The third-order valence-electron chi connectivity index (χ3n) is 3.00. The van der Waals surface area contributed by atoms with Crippen LogP contribution in [0.15, 0.2) is 29.6 Å². The van der Waals surface area contributed by atoms with Gasteiger partial charge < -0.3 is 10.4 Å². The minimum absolute atomic E-state index is 0.208. The molecule has 1 amide bonds. The molecule has 122 valence electrons. The van der Waals surface area contributed by atoms with E-state index >= 15 is 0 Å². The predicted octanol–water partition coefficient (Wildman–Crippen LogP) is 3.60. The van der Waals surface area contributed by atoms with Gasteiger partial charge in [-0.3, -0.25) is 4.79 Å². The van der Waals surface area contributed by atoms with Crippen molar-refractivity contribution in [3.05, 3.63) is 45.9 Å². The van der Waals surface area contributed by atoms with Crippen LogP contribution in [0.3, 0.4) is 0 Å². The lowest BCUT2D eigenvalue weighted by molar-refractivity contribution is -0.137. The van der Waals surface area contributed by atoms with Gasteiger partial charge in [-0.25, -0.2) is 9.78 Å². The molecule has 0 bridgehead atoms. The van der Waals surface area contributed by atoms with Crippen LogP contribution < -0.4 is 5.32 Å². The number of para-hydroxylation sites is 1. The van der Waals surface area contributed by atoms with Gasteiger partial charge in [0.05, 0.1) is 17.2 Å². The summed E-state index contributed by atoms with van der Waals surface area (Å²) in [7, 11) is 0. The number of anilines is 1. The average molecular weight is 344 g/mol. The van der Waals surface area contributed by atoms with Gasteiger partial charge in [0.1, 0.15) is 5.01 Å². The number of hydrogen-bond donors (Lipinski definition) is 2. The number of hydrogen-bond acceptors (Lipinski definition) is 4. The number of carboxylic acid groups (broad SMARTS) is 1. The number of carbonyl (C=O) groups is 2. The second kappa shape index (κ2) is 6.37. The first kappa shape index (κ1) is 16.9. The molecule has 0 saturated heterocycles. The van der Waals surface area contributed by atoms with Crippen LogP contribution in [0.4, 0.5) is 18.9 Å². The van der Waals surface area contributed by atoms with E-state index in [1.165, 1.54) is 24.4 Å². The van der Waals surface area contributed by atoms with Crippen LogP contribution in [0.2, 0.25) is 0 Å². The molecule has 0 unspecified atom stereocenters. The van der Waals surface area contributed by atoms with E-state index in [9.17, 15) is 22.8 Å². The first-order valence-corrected chi connectivity index (χ1v) is 7.24. The molecule has 5 nitrogen and oxygen atoms in total. The fourth-order valence-corrected chi connectivity index (χ4v) is 2.63. The fraction of sp³-hybridized carbons (Fsp3) is 0.214. The third kappa shape index (κ3) is 3.86. The average Bonchev–Trinajstić information content (AvgIpc) is 2.95. The molecule has 2 aromatic rings. The first-order chi connectivity index (χ1) is 10.7. The molecule has 1 heterocycles. The standard InChI is InChI=1S/C14H11F3N2O3S/c1-7(12-19-10(6-23-12)13(21)22)11(20)18-9-5-3-2-4-8(9)14(15,16)17/h2-7H,1H3,(H,18,20)(H,21,22)/t7-/m0/s1. The van der Waals surface area contributed by atoms with Crippen molar-refractivity contribution >= 4 is 28.9 Å². The maximum atomic E-state index is 12.9. The summed E-state index contributed by atoms with van der Waals surface area (Å²) in [5.74, 6) is -2.81. The first-order valence-electron chi connectivity index (χ1n) is 6.36. The Hall–Kier alpha value is -2.42. The molecule has 0 aliphatic carbocycles. The van der Waals surface area contributed by atoms with Crippen molar-refractivity contribution < 1.29 is 27.9 Å². The van der Waals surface area contributed by atoms with Crippen LogP contribution in [0, 0.1) is 0 Å². The van der Waals surface area contributed by atoms with E-state index in [0.717, 1.165) is 23.5 Å². The van der Waals surface area contributed by atoms with Crippen LogP contribution in [0.5, 0.6) is 0 Å². The highest BCUT2D eigenvalue weighted by Gasteiger charge is 2.34. The summed E-state index contributed by atoms with van der Waals surface area (Å²) in [5, 5.41) is 12.5. The number of alkyl halides is 3. The molecule has 0 fully saturated rings. The Morgan fingerprint density at radius 1 is 1.30 bits per heavy atom. The fourth-order valence-electron chi connectivity index (χ4n) is 1.78. The normalized spacial score (nSPS) is 12.7. The lowest BCUT2D eigenvalue weighted by Crippen LogP contribution is -2.21. The zero-order valence-corrected chi connectivity index (χ0v) is 12.5. The van der Waals surface area contributed by atoms with Crippen LogP contribution in [-0.2, 0) is 11.0 Å². The number of nitrogens with one attached hydrogen (secondary N) is 1. The summed E-state index contributed by atoms with van der Waals surface area (Å²) in [6.07, 6.45) is -4.59. The smallest absolute Gasteiger partial charge is 0.418 e. The topological polar surface area (TPSA) is 79.3 Å². The minimum atomic E-state index is -4.59. The lowest BCUT2D eigenvalue weighted by Gasteiger charge is -2.15. The van der Waals surface area contributed by atoms with Gasteiger partial charge >= 0.3 is 12.1 Å². The van der Waals surface area contributed by atoms with Crippen LogP contribution in [0.1, 0.15) is 33.9 Å². The molecule has 1 aromatic carbocycles. The number of halogens is 3. The molecular formula is C14H11F3N2O3S. The number of aromatic carboxylic acids is 1. The number of thiazole rings is 1. The SMILES string of the molecule is C[C@@H](C(=O)Nc1ccccc1C(F)(F)F)c1nc(C(=O)O)cs1. The Morgan fingerprint density at radius 3 is 2.52 bits per heavy atom. The van der Waals surface area contributed by atoms with Gasteiger partial charge in [0.25, 0.3) is 0 Å². The summed E-state index contributed by atoms with van der Waals surface area (Å²) >= 11 is 0.960. The molecule has 9 heteroatoms. The van der Waals surface area contributed by atoms with Crippen molar-refractivity contribution in [2.24, 2.45) is 0 Å². The van der Waals surface area contributed by atoms with Gasteiger partial charge in [0, 0.05) is 5.38 Å². The molecule has 0 aliphatic heterocycles. The van der Waals surface area contributed by atoms with Crippen molar-refractivity contribution in [3.63, 3.8) is 0 Å². The summed E-state index contributed by atoms with van der Waals surface area (Å²) in [6, 6.07) is 4.62. The largest absolute Gasteiger partial charge is 0.476 e. The zero-order valence-electron chi connectivity index (χ0n) is 11.7. The van der Waals surface area contributed by atoms with Crippen molar-refractivity contribution in [2.75, 3.05) is 5.32 Å². The molecule has 0 saturated carbocycles. The number of benzene rings is 1. The van der Waals surface area contributed by atoms with E-state index in [1.54, 1.807) is 0 Å². The van der Waals surface area contributed by atoms with Gasteiger partial charge in [0.15, 0.2) is 5.69 Å². The Labute approximate surface area is 132 Å². The van der Waals surface area contributed by atoms with Gasteiger partial charge in [-0.15, -0.1) is 11.3 Å². The van der Waals surface area contributed by atoms with Gasteiger partial charge in [0.2, 0.25) is 5.91 Å². The Bertz CT molecular complexity index is 743. The van der Waals surface area contributed by atoms with Gasteiger partial charge in [-0.05, 0) is 19.1 Å². The molecule has 1 atom stereocenters. The third-order valence-corrected chi connectivity index (χ3v) is 4.02. The number of amides is 1. The Kier molecular flexibility index (Phi) is 4.69. The number of nitrogens with zero attached hydrogens (tertiary/aromatic N) is 1. The Morgan fingerprint density at radius 2 is 1.96 bits per heavy atom. The number of carbonyl (C=O) groups excluding carboxylic acids is 1. The van der Waals surface area contributed by atoms with Gasteiger partial charge in [-0.1, -0.05) is 12.1 Å². The number of carboxylic acids is 1. The minimum Gasteiger partial charge on any atom is -0.476 e. The highest BCUT2D eigenvalue weighted by Crippen LogP contribution is 2.35. The molecule has 23 heavy (non-hydrogen) atoms. The molecular weight excluding hydrogens is 333 g/mol. The van der Waals surface area contributed by atoms with E-state index in [0.29, 0.717) is 0 Å². The van der Waals surface area contributed by atoms with Crippen molar-refractivity contribution in [1.82, 2.24) is 4.98 Å². The van der Waals surface area contributed by atoms with Crippen LogP contribution >= 0.6 is 11.3 Å². The van der Waals surface area contributed by atoms with E-state index in [-0.39, 0.29) is 16.4 Å². The Balaban J connectivity index is 2.20. The van der Waals surface area contributed by atoms with E-state index in [4.69, 9.17) is 5.11 Å². The summed E-state index contributed by atoms with van der Waals surface area (Å²) in [5.41, 5.74) is -1.52. The second-order valence-electron chi connectivity index (χ2n) is 4.63. The summed E-state index contributed by atoms with van der Waals surface area (Å²) in [4.78, 5) is 26.7. The van der Waals surface area contributed by atoms with Crippen LogP contribution in [-0.4, -0.2) is 22.0 Å². The second-order valence-corrected chi connectivity index (χ2v) is 5.52. The van der Waals surface area contributed by atoms with Crippen molar-refractivity contribution in [2.45, 2.75) is 19.0 Å². The van der Waals surface area contributed by atoms with E-state index < -0.39 is 29.5 Å². The zero-order chi connectivity index (χ0) is 17.2. The molecule has 0 spiro atoms. The molecule has 2 rings (SSSR count). The quantitative estimate of drug-likeness (QED) is 0.888. The monoisotopic (exact) mass is 344 g/mol. The summed E-state index contributed by atoms with van der Waals surface area (Å²) in [6.45, 7) is 1.44. The molecule has 1 aromatic heterocycles. The number of rotatable bonds is 4. The van der Waals surface area contributed by atoms with E-state index in [1.807, 2.05) is 0 Å². The van der Waals surface area contributed by atoms with Crippen LogP contribution in [0.25, 0.3) is 0 Å². The highest BCUT2D eigenvalue weighted by atomic mass is 32.1. The molecule has 0 aliphatic rings. The number of aromatic nitrogens is 1. The molecule has 0 radical (unpaired) electrons. The van der Waals surface area contributed by atoms with Gasteiger partial charge in [-0.2, -0.15) is 13.2 Å². The highest BCUT2D eigenvalue weighted by molar-refractivity contribution is 7.10. The summed E-state index contributed by atoms with van der Waals surface area (Å²) < 4.78 is 38.7. The predicted molar refractivity (Wildman–Crippen MR) is 77.6 cm³/mol. The lowest BCUT2D eigenvalue weighted by atomic mass is 10.1.